The van der Waals surface area contributed by atoms with Crippen LogP contribution in [-0.4, -0.2) is 30.1 Å². The molecule has 2 rings (SSSR count). The zero-order chi connectivity index (χ0) is 13.0. The highest BCUT2D eigenvalue weighted by molar-refractivity contribution is 5.16. The highest BCUT2D eigenvalue weighted by Crippen LogP contribution is 2.17. The lowest BCUT2D eigenvalue weighted by Gasteiger charge is -2.32. The Kier molecular flexibility index (Phi) is 4.36. The Labute approximate surface area is 109 Å². The van der Waals surface area contributed by atoms with Crippen LogP contribution in [0.1, 0.15) is 32.3 Å². The molecule has 1 N–H and O–H groups in total. The zero-order valence-electron chi connectivity index (χ0n) is 11.4. The van der Waals surface area contributed by atoms with Crippen LogP contribution in [0.3, 0.4) is 0 Å². The number of rotatable bonds is 3. The van der Waals surface area contributed by atoms with Crippen LogP contribution in [0.4, 0.5) is 4.39 Å². The fraction of sp³-hybridized carbons (Fsp3) is 0.600. The number of nitrogens with zero attached hydrogens (tertiary/aromatic N) is 1. The van der Waals surface area contributed by atoms with Gasteiger partial charge in [-0.25, -0.2) is 4.39 Å². The average Bonchev–Trinajstić information content (AvgIpc) is 2.52. The van der Waals surface area contributed by atoms with Crippen LogP contribution < -0.4 is 5.32 Å². The van der Waals surface area contributed by atoms with E-state index in [-0.39, 0.29) is 11.4 Å². The lowest BCUT2D eigenvalue weighted by atomic mass is 9.98. The number of halogens is 1. The summed E-state index contributed by atoms with van der Waals surface area (Å²) >= 11 is 0. The standard InChI is InChI=1S/C15H23FN2/c1-3-15(2)12-18(9-5-8-17-15)11-13-6-4-7-14(16)10-13/h4,6-7,10,17H,3,5,8-9,11-12H2,1-2H3. The van der Waals surface area contributed by atoms with Gasteiger partial charge in [0.1, 0.15) is 5.82 Å². The Morgan fingerprint density at radius 2 is 2.28 bits per heavy atom. The maximum atomic E-state index is 13.2. The van der Waals surface area contributed by atoms with Crippen molar-refractivity contribution in [3.8, 4) is 0 Å². The molecule has 0 aliphatic carbocycles. The lowest BCUT2D eigenvalue weighted by Crippen LogP contribution is -2.48. The van der Waals surface area contributed by atoms with E-state index in [0.29, 0.717) is 0 Å². The quantitative estimate of drug-likeness (QED) is 0.887. The van der Waals surface area contributed by atoms with Crippen molar-refractivity contribution in [1.29, 1.82) is 0 Å². The molecule has 100 valence electrons. The van der Waals surface area contributed by atoms with E-state index in [1.54, 1.807) is 12.1 Å². The van der Waals surface area contributed by atoms with Crippen molar-refractivity contribution in [2.24, 2.45) is 0 Å². The molecule has 0 amide bonds. The van der Waals surface area contributed by atoms with Gasteiger partial charge in [0.25, 0.3) is 0 Å². The molecule has 0 bridgehead atoms. The maximum Gasteiger partial charge on any atom is 0.123 e. The predicted octanol–water partition coefficient (Wildman–Crippen LogP) is 2.79. The van der Waals surface area contributed by atoms with Crippen LogP contribution in [0, 0.1) is 5.82 Å². The number of hydrogen-bond donors (Lipinski definition) is 1. The highest BCUT2D eigenvalue weighted by Gasteiger charge is 2.26. The van der Waals surface area contributed by atoms with E-state index in [1.807, 2.05) is 6.07 Å². The van der Waals surface area contributed by atoms with Crippen LogP contribution in [-0.2, 0) is 6.54 Å². The minimum atomic E-state index is -0.140. The van der Waals surface area contributed by atoms with Crippen LogP contribution in [0.5, 0.6) is 0 Å². The Morgan fingerprint density at radius 3 is 3.00 bits per heavy atom. The van der Waals surface area contributed by atoms with Gasteiger partial charge >= 0.3 is 0 Å². The van der Waals surface area contributed by atoms with Crippen LogP contribution >= 0.6 is 0 Å². The minimum absolute atomic E-state index is 0.140. The third kappa shape index (κ3) is 3.53. The van der Waals surface area contributed by atoms with E-state index in [0.717, 1.165) is 44.6 Å². The fourth-order valence-electron chi connectivity index (χ4n) is 2.59. The first-order valence-electron chi connectivity index (χ1n) is 6.83. The van der Waals surface area contributed by atoms with Crippen LogP contribution in [0.15, 0.2) is 24.3 Å². The fourth-order valence-corrected chi connectivity index (χ4v) is 2.59. The van der Waals surface area contributed by atoms with Gasteiger partial charge in [-0.15, -0.1) is 0 Å². The largest absolute Gasteiger partial charge is 0.310 e. The van der Waals surface area contributed by atoms with Crippen molar-refractivity contribution in [3.05, 3.63) is 35.6 Å². The van der Waals surface area contributed by atoms with Crippen molar-refractivity contribution < 1.29 is 4.39 Å². The second-order valence-electron chi connectivity index (χ2n) is 5.54. The van der Waals surface area contributed by atoms with Gasteiger partial charge in [-0.2, -0.15) is 0 Å². The molecule has 1 aliphatic rings. The predicted molar refractivity (Wildman–Crippen MR) is 73.0 cm³/mol. The van der Waals surface area contributed by atoms with Crippen molar-refractivity contribution in [1.82, 2.24) is 10.2 Å². The highest BCUT2D eigenvalue weighted by atomic mass is 19.1. The molecule has 1 atom stereocenters. The molecule has 0 spiro atoms. The molecule has 1 aliphatic heterocycles. The van der Waals surface area contributed by atoms with Gasteiger partial charge in [0, 0.05) is 18.6 Å². The number of benzene rings is 1. The molecule has 1 aromatic rings. The number of hydrogen-bond acceptors (Lipinski definition) is 2. The Balaban J connectivity index is 2.03. The van der Waals surface area contributed by atoms with E-state index < -0.39 is 0 Å². The molecule has 3 heteroatoms. The summed E-state index contributed by atoms with van der Waals surface area (Å²) in [6, 6.07) is 6.94. The third-order valence-electron chi connectivity index (χ3n) is 3.85. The van der Waals surface area contributed by atoms with Gasteiger partial charge in [0.2, 0.25) is 0 Å². The lowest BCUT2D eigenvalue weighted by molar-refractivity contribution is 0.208. The molecule has 1 unspecified atom stereocenters. The summed E-state index contributed by atoms with van der Waals surface area (Å²) in [4.78, 5) is 2.43. The molecule has 1 aromatic carbocycles. The molecule has 0 radical (unpaired) electrons. The van der Waals surface area contributed by atoms with Crippen molar-refractivity contribution in [2.75, 3.05) is 19.6 Å². The van der Waals surface area contributed by atoms with Gasteiger partial charge in [-0.3, -0.25) is 4.90 Å². The molecule has 18 heavy (non-hydrogen) atoms. The van der Waals surface area contributed by atoms with Crippen molar-refractivity contribution >= 4 is 0 Å². The van der Waals surface area contributed by atoms with Crippen molar-refractivity contribution in [2.45, 2.75) is 38.8 Å². The van der Waals surface area contributed by atoms with Gasteiger partial charge in [-0.05, 0) is 50.6 Å². The van der Waals surface area contributed by atoms with Gasteiger partial charge in [0.05, 0.1) is 0 Å². The van der Waals surface area contributed by atoms with Crippen molar-refractivity contribution in [3.63, 3.8) is 0 Å². The Morgan fingerprint density at radius 1 is 1.44 bits per heavy atom. The third-order valence-corrected chi connectivity index (χ3v) is 3.85. The molecule has 1 saturated heterocycles. The van der Waals surface area contributed by atoms with E-state index >= 15 is 0 Å². The molecule has 1 fully saturated rings. The van der Waals surface area contributed by atoms with Crippen LogP contribution in [0.25, 0.3) is 0 Å². The van der Waals surface area contributed by atoms with Crippen LogP contribution in [0.2, 0.25) is 0 Å². The van der Waals surface area contributed by atoms with E-state index in [4.69, 9.17) is 0 Å². The SMILES string of the molecule is CCC1(C)CN(Cc2cccc(F)c2)CCCN1. The first kappa shape index (κ1) is 13.5. The summed E-state index contributed by atoms with van der Waals surface area (Å²) in [5.41, 5.74) is 1.25. The van der Waals surface area contributed by atoms with E-state index in [1.165, 1.54) is 6.07 Å². The molecule has 0 saturated carbocycles. The monoisotopic (exact) mass is 250 g/mol. The van der Waals surface area contributed by atoms with E-state index in [2.05, 4.69) is 24.1 Å². The van der Waals surface area contributed by atoms with Gasteiger partial charge in [-0.1, -0.05) is 19.1 Å². The summed E-state index contributed by atoms with van der Waals surface area (Å²) in [5, 5.41) is 3.62. The molecular formula is C15H23FN2. The second-order valence-corrected chi connectivity index (χ2v) is 5.54. The van der Waals surface area contributed by atoms with Gasteiger partial charge < -0.3 is 5.32 Å². The maximum absolute atomic E-state index is 13.2. The number of nitrogens with one attached hydrogen (secondary N) is 1. The molecule has 1 heterocycles. The minimum Gasteiger partial charge on any atom is -0.310 e. The first-order chi connectivity index (χ1) is 8.61. The topological polar surface area (TPSA) is 15.3 Å². The Bertz CT molecular complexity index is 394. The summed E-state index contributed by atoms with van der Waals surface area (Å²) in [6.07, 6.45) is 2.28. The zero-order valence-corrected chi connectivity index (χ0v) is 11.4. The Hall–Kier alpha value is -0.930. The molecular weight excluding hydrogens is 227 g/mol. The summed E-state index contributed by atoms with van der Waals surface area (Å²) in [6.45, 7) is 8.52. The molecule has 0 aromatic heterocycles. The summed E-state index contributed by atoms with van der Waals surface area (Å²) < 4.78 is 13.2. The first-order valence-corrected chi connectivity index (χ1v) is 6.83. The second kappa shape index (κ2) is 5.81. The average molecular weight is 250 g/mol. The summed E-state index contributed by atoms with van der Waals surface area (Å²) in [5.74, 6) is -0.140. The van der Waals surface area contributed by atoms with Gasteiger partial charge in [0.15, 0.2) is 0 Å². The summed E-state index contributed by atoms with van der Waals surface area (Å²) in [7, 11) is 0. The normalized spacial score (nSPS) is 25.9. The smallest absolute Gasteiger partial charge is 0.123 e. The molecule has 2 nitrogen and oxygen atoms in total. The van der Waals surface area contributed by atoms with E-state index in [9.17, 15) is 4.39 Å².